The normalized spacial score (nSPS) is 13.2. The van der Waals surface area contributed by atoms with E-state index in [1.165, 1.54) is 53.3 Å². The highest BCUT2D eigenvalue weighted by Crippen LogP contribution is 2.37. The van der Waals surface area contributed by atoms with Crippen molar-refractivity contribution >= 4 is 34.2 Å². The van der Waals surface area contributed by atoms with Gasteiger partial charge in [-0.05, 0) is 31.2 Å². The summed E-state index contributed by atoms with van der Waals surface area (Å²) in [6.07, 6.45) is 1.24. The molecule has 0 spiro atoms. The summed E-state index contributed by atoms with van der Waals surface area (Å²) in [6, 6.07) is 11.2. The number of hydrogen-bond acceptors (Lipinski definition) is 6. The van der Waals surface area contributed by atoms with E-state index >= 15 is 0 Å². The number of benzene rings is 2. The van der Waals surface area contributed by atoms with E-state index in [1.807, 2.05) is 0 Å². The fraction of sp³-hybridized carbons (Fsp3) is 0.0476. The number of halogens is 1. The molecule has 2 aromatic carbocycles. The molecule has 0 aliphatic carbocycles. The third-order valence-electron chi connectivity index (χ3n) is 5.09. The topological polar surface area (TPSA) is 111 Å². The number of hydrogen-bond donors (Lipinski definition) is 0. The maximum atomic E-state index is 13.7. The van der Waals surface area contributed by atoms with E-state index < -0.39 is 22.6 Å². The lowest BCUT2D eigenvalue weighted by Gasteiger charge is -2.13. The molecule has 3 heterocycles. The summed E-state index contributed by atoms with van der Waals surface area (Å²) >= 11 is 0. The van der Waals surface area contributed by atoms with Crippen LogP contribution < -0.4 is 4.90 Å². The molecule has 0 atom stereocenters. The van der Waals surface area contributed by atoms with Crippen LogP contribution in [0.4, 0.5) is 15.8 Å². The number of nitro benzene ring substituents is 1. The van der Waals surface area contributed by atoms with E-state index in [2.05, 4.69) is 10.1 Å². The molecule has 0 unspecified atom stereocenters. The Morgan fingerprint density at radius 3 is 2.58 bits per heavy atom. The van der Waals surface area contributed by atoms with E-state index in [1.54, 1.807) is 13.0 Å². The van der Waals surface area contributed by atoms with E-state index in [0.717, 1.165) is 4.90 Å². The summed E-state index contributed by atoms with van der Waals surface area (Å²) in [5.41, 5.74) is 0.681. The number of aryl methyl sites for hydroxylation is 1. The predicted octanol–water partition coefficient (Wildman–Crippen LogP) is 3.58. The third-order valence-corrected chi connectivity index (χ3v) is 5.09. The SMILES string of the molecule is Cc1nn(-c2cccc(F)c2)c2ncc3c(c12)C(=O)N(c1ccccc1[N+](=O)[O-])C3=O. The summed E-state index contributed by atoms with van der Waals surface area (Å²) < 4.78 is 15.1. The van der Waals surface area contributed by atoms with Crippen molar-refractivity contribution in [2.75, 3.05) is 4.90 Å². The maximum Gasteiger partial charge on any atom is 0.293 e. The number of imide groups is 1. The second-order valence-corrected chi connectivity index (χ2v) is 6.91. The standard InChI is InChI=1S/C21H12FN5O4/c1-11-17-18-14(10-23-19(17)26(24-11)13-6-4-5-12(22)9-13)20(28)25(21(18)29)15-7-2-3-8-16(15)27(30)31/h2-10H,1H3. The lowest BCUT2D eigenvalue weighted by Crippen LogP contribution is -2.30. The molecule has 0 fully saturated rings. The number of aromatic nitrogens is 3. The van der Waals surface area contributed by atoms with E-state index in [0.29, 0.717) is 16.8 Å². The Morgan fingerprint density at radius 2 is 1.84 bits per heavy atom. The van der Waals surface area contributed by atoms with Crippen molar-refractivity contribution in [3.63, 3.8) is 0 Å². The molecule has 2 amide bonds. The van der Waals surface area contributed by atoms with Gasteiger partial charge in [0.15, 0.2) is 5.65 Å². The minimum absolute atomic E-state index is 0.0255. The zero-order valence-electron chi connectivity index (χ0n) is 15.9. The molecule has 2 aromatic heterocycles. The van der Waals surface area contributed by atoms with Crippen molar-refractivity contribution in [1.82, 2.24) is 14.8 Å². The average Bonchev–Trinajstić information content (AvgIpc) is 3.22. The Balaban J connectivity index is 1.73. The average molecular weight is 417 g/mol. The summed E-state index contributed by atoms with van der Waals surface area (Å²) in [5.74, 6) is -1.88. The van der Waals surface area contributed by atoms with Crippen molar-refractivity contribution < 1.29 is 18.9 Å². The summed E-state index contributed by atoms with van der Waals surface area (Å²) in [4.78, 5) is 42.2. The molecule has 0 radical (unpaired) electrons. The molecule has 0 bridgehead atoms. The molecular formula is C21H12FN5O4. The van der Waals surface area contributed by atoms with Gasteiger partial charge in [0, 0.05) is 12.3 Å². The molecule has 4 aromatic rings. The number of carbonyl (C=O) groups is 2. The minimum Gasteiger partial charge on any atom is -0.268 e. The van der Waals surface area contributed by atoms with Gasteiger partial charge in [0.2, 0.25) is 0 Å². The van der Waals surface area contributed by atoms with Crippen molar-refractivity contribution in [3.8, 4) is 5.69 Å². The first-order chi connectivity index (χ1) is 14.9. The lowest BCUT2D eigenvalue weighted by atomic mass is 10.1. The molecular weight excluding hydrogens is 405 g/mol. The Morgan fingerprint density at radius 1 is 1.06 bits per heavy atom. The summed E-state index contributed by atoms with van der Waals surface area (Å²) in [6.45, 7) is 1.64. The van der Waals surface area contributed by atoms with Gasteiger partial charge in [-0.25, -0.2) is 19.0 Å². The maximum absolute atomic E-state index is 13.7. The molecule has 5 rings (SSSR count). The van der Waals surface area contributed by atoms with Gasteiger partial charge in [-0.1, -0.05) is 18.2 Å². The van der Waals surface area contributed by atoms with Crippen molar-refractivity contribution in [2.45, 2.75) is 6.92 Å². The van der Waals surface area contributed by atoms with E-state index in [-0.39, 0.29) is 28.1 Å². The second-order valence-electron chi connectivity index (χ2n) is 6.91. The number of pyridine rings is 1. The van der Waals surface area contributed by atoms with Crippen LogP contribution in [-0.4, -0.2) is 31.5 Å². The summed E-state index contributed by atoms with van der Waals surface area (Å²) in [7, 11) is 0. The second kappa shape index (κ2) is 6.52. The number of nitro groups is 1. The highest BCUT2D eigenvalue weighted by Gasteiger charge is 2.42. The monoisotopic (exact) mass is 417 g/mol. The highest BCUT2D eigenvalue weighted by molar-refractivity contribution is 6.38. The van der Waals surface area contributed by atoms with Gasteiger partial charge >= 0.3 is 0 Å². The largest absolute Gasteiger partial charge is 0.293 e. The van der Waals surface area contributed by atoms with Crippen molar-refractivity contribution in [2.24, 2.45) is 0 Å². The fourth-order valence-electron chi connectivity index (χ4n) is 3.78. The highest BCUT2D eigenvalue weighted by atomic mass is 19.1. The quantitative estimate of drug-likeness (QED) is 0.286. The van der Waals surface area contributed by atoms with Crippen LogP contribution in [0.3, 0.4) is 0 Å². The van der Waals surface area contributed by atoms with Crippen LogP contribution in [0, 0.1) is 22.9 Å². The number of nitrogens with zero attached hydrogens (tertiary/aromatic N) is 5. The van der Waals surface area contributed by atoms with Gasteiger partial charge in [0.05, 0.1) is 32.8 Å². The van der Waals surface area contributed by atoms with Crippen LogP contribution in [0.15, 0.2) is 54.7 Å². The molecule has 31 heavy (non-hydrogen) atoms. The van der Waals surface area contributed by atoms with Crippen LogP contribution in [0.5, 0.6) is 0 Å². The molecule has 10 heteroatoms. The molecule has 9 nitrogen and oxygen atoms in total. The molecule has 152 valence electrons. The first-order valence-electron chi connectivity index (χ1n) is 9.15. The smallest absolute Gasteiger partial charge is 0.268 e. The predicted molar refractivity (Wildman–Crippen MR) is 108 cm³/mol. The number of carbonyl (C=O) groups excluding carboxylic acids is 2. The minimum atomic E-state index is -0.707. The zero-order valence-corrected chi connectivity index (χ0v) is 15.9. The number of rotatable bonds is 3. The molecule has 0 N–H and O–H groups in total. The van der Waals surface area contributed by atoms with Gasteiger partial charge in [0.25, 0.3) is 17.5 Å². The first-order valence-corrected chi connectivity index (χ1v) is 9.15. The van der Waals surface area contributed by atoms with Gasteiger partial charge < -0.3 is 0 Å². The Kier molecular flexibility index (Phi) is 3.90. The van der Waals surface area contributed by atoms with Crippen LogP contribution in [-0.2, 0) is 0 Å². The first kappa shape index (κ1) is 18.6. The number of para-hydroxylation sites is 2. The van der Waals surface area contributed by atoms with Crippen molar-refractivity contribution in [3.05, 3.63) is 87.5 Å². The number of anilines is 1. The van der Waals surface area contributed by atoms with Crippen molar-refractivity contribution in [1.29, 1.82) is 0 Å². The van der Waals surface area contributed by atoms with Crippen LogP contribution in [0.25, 0.3) is 16.7 Å². The lowest BCUT2D eigenvalue weighted by molar-refractivity contribution is -0.384. The Hall–Kier alpha value is -4.47. The zero-order chi connectivity index (χ0) is 21.9. The third kappa shape index (κ3) is 2.61. The van der Waals surface area contributed by atoms with E-state index in [9.17, 15) is 24.1 Å². The Bertz CT molecular complexity index is 1450. The van der Waals surface area contributed by atoms with Gasteiger partial charge in [-0.2, -0.15) is 5.10 Å². The molecule has 0 saturated heterocycles. The molecule has 0 saturated carbocycles. The van der Waals surface area contributed by atoms with Crippen LogP contribution >= 0.6 is 0 Å². The van der Waals surface area contributed by atoms with Gasteiger partial charge in [-0.3, -0.25) is 19.7 Å². The number of fused-ring (bicyclic) bond motifs is 3. The van der Waals surface area contributed by atoms with Crippen LogP contribution in [0.2, 0.25) is 0 Å². The van der Waals surface area contributed by atoms with Crippen LogP contribution in [0.1, 0.15) is 26.4 Å². The van der Waals surface area contributed by atoms with Gasteiger partial charge in [-0.15, -0.1) is 0 Å². The van der Waals surface area contributed by atoms with Gasteiger partial charge in [0.1, 0.15) is 11.5 Å². The van der Waals surface area contributed by atoms with E-state index in [4.69, 9.17) is 0 Å². The number of amides is 2. The Labute approximate surface area is 173 Å². The fourth-order valence-corrected chi connectivity index (χ4v) is 3.78. The molecule has 1 aliphatic heterocycles. The molecule has 1 aliphatic rings. The summed E-state index contributed by atoms with van der Waals surface area (Å²) in [5, 5.41) is 16.1.